The Morgan fingerprint density at radius 3 is 2.70 bits per heavy atom. The SMILES string of the molecule is C#CCC[CH](CCC)[Mg][Cl]. The minimum absolute atomic E-state index is 0.327. The average Bonchev–Trinajstić information content (AvgIpc) is 1.98. The van der Waals surface area contributed by atoms with E-state index >= 15 is 0 Å². The van der Waals surface area contributed by atoms with E-state index in [4.69, 9.17) is 15.5 Å². The van der Waals surface area contributed by atoms with E-state index in [1.165, 1.54) is 12.8 Å². The van der Waals surface area contributed by atoms with Crippen molar-refractivity contribution >= 4 is 28.3 Å². The maximum atomic E-state index is 5.85. The van der Waals surface area contributed by atoms with Crippen molar-refractivity contribution in [2.75, 3.05) is 0 Å². The first-order valence-corrected chi connectivity index (χ1v) is 6.80. The summed E-state index contributed by atoms with van der Waals surface area (Å²) in [7, 11) is 5.85. The topological polar surface area (TPSA) is 0 Å². The second-order valence-electron chi connectivity index (χ2n) is 2.55. The molecular weight excluding hydrogens is 156 g/mol. The number of hydrogen-bond acceptors (Lipinski definition) is 0. The zero-order valence-electron chi connectivity index (χ0n) is 6.57. The number of halogens is 1. The summed E-state index contributed by atoms with van der Waals surface area (Å²) in [4.78, 5) is 0. The van der Waals surface area contributed by atoms with Crippen molar-refractivity contribution in [3.05, 3.63) is 0 Å². The Balaban J connectivity index is 3.32. The smallest absolute Gasteiger partial charge is 0.346 e. The highest BCUT2D eigenvalue weighted by Gasteiger charge is 2.08. The second-order valence-corrected chi connectivity index (χ2v) is 4.94. The summed E-state index contributed by atoms with van der Waals surface area (Å²) in [6.07, 6.45) is 9.73. The minimum atomic E-state index is -0.327. The van der Waals surface area contributed by atoms with E-state index in [-0.39, 0.29) is 19.3 Å². The predicted molar refractivity (Wildman–Crippen MR) is 48.3 cm³/mol. The van der Waals surface area contributed by atoms with E-state index in [1.807, 2.05) is 0 Å². The van der Waals surface area contributed by atoms with Gasteiger partial charge in [0.15, 0.2) is 0 Å². The van der Waals surface area contributed by atoms with Crippen LogP contribution in [0.3, 0.4) is 0 Å². The van der Waals surface area contributed by atoms with Crippen LogP contribution in [0.2, 0.25) is 4.05 Å². The third-order valence-corrected chi connectivity index (χ3v) is 4.17. The fraction of sp³-hybridized carbons (Fsp3) is 0.750. The molecule has 0 aromatic carbocycles. The van der Waals surface area contributed by atoms with E-state index in [9.17, 15) is 0 Å². The molecule has 0 nitrogen and oxygen atoms in total. The Bertz CT molecular complexity index is 106. The molecule has 2 heteroatoms. The average molecular weight is 169 g/mol. The summed E-state index contributed by atoms with van der Waals surface area (Å²) in [6, 6.07) is 0. The molecule has 0 spiro atoms. The van der Waals surface area contributed by atoms with Gasteiger partial charge in [0, 0.05) is 6.42 Å². The third kappa shape index (κ3) is 5.40. The van der Waals surface area contributed by atoms with Crippen molar-refractivity contribution in [3.63, 3.8) is 0 Å². The van der Waals surface area contributed by atoms with Crippen LogP contribution in [0.5, 0.6) is 0 Å². The van der Waals surface area contributed by atoms with Gasteiger partial charge in [-0.05, 0) is 0 Å². The van der Waals surface area contributed by atoms with Gasteiger partial charge in [-0.2, -0.15) is 0 Å². The van der Waals surface area contributed by atoms with Crippen LogP contribution in [0.15, 0.2) is 0 Å². The van der Waals surface area contributed by atoms with Gasteiger partial charge < -0.3 is 9.07 Å². The molecule has 0 saturated heterocycles. The number of hydrogen-bond donors (Lipinski definition) is 0. The molecule has 0 bridgehead atoms. The van der Waals surface area contributed by atoms with Gasteiger partial charge >= 0.3 is 19.3 Å². The molecule has 0 aromatic rings. The van der Waals surface area contributed by atoms with Gasteiger partial charge in [-0.3, -0.25) is 0 Å². The highest BCUT2D eigenvalue weighted by atomic mass is 35.5. The van der Waals surface area contributed by atoms with Crippen LogP contribution in [0, 0.1) is 12.3 Å². The molecule has 0 radical (unpaired) electrons. The molecule has 0 heterocycles. The first kappa shape index (κ1) is 10.6. The summed E-state index contributed by atoms with van der Waals surface area (Å²) >= 11 is -0.327. The fourth-order valence-corrected chi connectivity index (χ4v) is 2.84. The van der Waals surface area contributed by atoms with Crippen molar-refractivity contribution < 1.29 is 0 Å². The Morgan fingerprint density at radius 1 is 1.60 bits per heavy atom. The summed E-state index contributed by atoms with van der Waals surface area (Å²) in [5.74, 6) is 2.65. The van der Waals surface area contributed by atoms with Crippen LogP contribution >= 0.6 is 9.07 Å². The van der Waals surface area contributed by atoms with Crippen LogP contribution < -0.4 is 0 Å². The Hall–Kier alpha value is 0.616. The summed E-state index contributed by atoms with van der Waals surface area (Å²) < 4.78 is 0.780. The van der Waals surface area contributed by atoms with Crippen LogP contribution in [0.25, 0.3) is 0 Å². The summed E-state index contributed by atoms with van der Waals surface area (Å²) in [6.45, 7) is 2.20. The van der Waals surface area contributed by atoms with Crippen molar-refractivity contribution in [2.24, 2.45) is 0 Å². The van der Waals surface area contributed by atoms with Gasteiger partial charge in [-0.25, -0.2) is 0 Å². The quantitative estimate of drug-likeness (QED) is 0.438. The molecule has 54 valence electrons. The molecule has 1 unspecified atom stereocenters. The van der Waals surface area contributed by atoms with Gasteiger partial charge in [0.05, 0.1) is 0 Å². The molecule has 0 aliphatic carbocycles. The van der Waals surface area contributed by atoms with Crippen LogP contribution in [0.4, 0.5) is 0 Å². The van der Waals surface area contributed by atoms with Crippen molar-refractivity contribution in [1.82, 2.24) is 0 Å². The minimum Gasteiger partial charge on any atom is -0.346 e. The molecular formula is C8H13ClMg. The zero-order chi connectivity index (χ0) is 7.82. The van der Waals surface area contributed by atoms with Gasteiger partial charge in [-0.15, -0.1) is 16.4 Å². The second kappa shape index (κ2) is 7.72. The van der Waals surface area contributed by atoms with Gasteiger partial charge in [-0.1, -0.05) is 26.2 Å². The molecule has 0 aromatic heterocycles. The lowest BCUT2D eigenvalue weighted by Crippen LogP contribution is -1.96. The van der Waals surface area contributed by atoms with Crippen LogP contribution in [0.1, 0.15) is 32.6 Å². The monoisotopic (exact) mass is 168 g/mol. The van der Waals surface area contributed by atoms with Crippen molar-refractivity contribution in [2.45, 2.75) is 36.7 Å². The lowest BCUT2D eigenvalue weighted by atomic mass is 10.1. The zero-order valence-corrected chi connectivity index (χ0v) is 8.74. The molecule has 0 amide bonds. The molecule has 0 N–H and O–H groups in total. The Labute approximate surface area is 77.2 Å². The summed E-state index contributed by atoms with van der Waals surface area (Å²) in [5.41, 5.74) is 0. The van der Waals surface area contributed by atoms with E-state index < -0.39 is 0 Å². The van der Waals surface area contributed by atoms with Crippen molar-refractivity contribution in [1.29, 1.82) is 0 Å². The molecule has 0 aliphatic rings. The molecule has 0 saturated carbocycles. The molecule has 0 rings (SSSR count). The number of rotatable bonds is 5. The van der Waals surface area contributed by atoms with Gasteiger partial charge in [0.1, 0.15) is 0 Å². The first-order valence-electron chi connectivity index (χ1n) is 3.84. The summed E-state index contributed by atoms with van der Waals surface area (Å²) in [5, 5.41) is 0. The van der Waals surface area contributed by atoms with Crippen LogP contribution in [-0.4, -0.2) is 19.3 Å². The maximum absolute atomic E-state index is 5.85. The lowest BCUT2D eigenvalue weighted by Gasteiger charge is -2.08. The predicted octanol–water partition coefficient (Wildman–Crippen LogP) is 2.85. The van der Waals surface area contributed by atoms with E-state index in [0.717, 1.165) is 16.9 Å². The standard InChI is InChI=1S/C8H13.ClH.Mg/c1-3-5-7-8-6-4-2;;/h1,8H,4-7H2,2H3;1H;/q;;+1/p-1. The van der Waals surface area contributed by atoms with E-state index in [1.54, 1.807) is 0 Å². The van der Waals surface area contributed by atoms with E-state index in [0.29, 0.717) is 0 Å². The van der Waals surface area contributed by atoms with Crippen molar-refractivity contribution in [3.8, 4) is 12.3 Å². The van der Waals surface area contributed by atoms with Crippen LogP contribution in [-0.2, 0) is 0 Å². The Morgan fingerprint density at radius 2 is 2.30 bits per heavy atom. The van der Waals surface area contributed by atoms with Gasteiger partial charge in [0.2, 0.25) is 0 Å². The largest absolute Gasteiger partial charge is 0.504 e. The fourth-order valence-electron chi connectivity index (χ4n) is 0.994. The van der Waals surface area contributed by atoms with E-state index in [2.05, 4.69) is 12.8 Å². The Kier molecular flexibility index (Phi) is 8.20. The molecule has 1 atom stereocenters. The normalized spacial score (nSPS) is 11.7. The third-order valence-electron chi connectivity index (χ3n) is 1.61. The first-order chi connectivity index (χ1) is 4.85. The molecule has 0 aliphatic heterocycles. The molecule has 0 fully saturated rings. The number of terminal acetylenes is 1. The molecule has 10 heavy (non-hydrogen) atoms. The highest BCUT2D eigenvalue weighted by molar-refractivity contribution is 6.94. The van der Waals surface area contributed by atoms with Gasteiger partial charge in [0.25, 0.3) is 0 Å². The lowest BCUT2D eigenvalue weighted by molar-refractivity contribution is 0.676. The highest BCUT2D eigenvalue weighted by Crippen LogP contribution is 2.19. The maximum Gasteiger partial charge on any atom is 0.504 e.